The molecule has 0 aromatic carbocycles. The second-order valence-electron chi connectivity index (χ2n) is 5.52. The summed E-state index contributed by atoms with van der Waals surface area (Å²) in [5.41, 5.74) is 0.898. The third-order valence-electron chi connectivity index (χ3n) is 4.62. The minimum atomic E-state index is -2.40. The van der Waals surface area contributed by atoms with E-state index in [-0.39, 0.29) is 6.42 Å². The number of fused-ring (bicyclic) bond motifs is 2. The van der Waals surface area contributed by atoms with E-state index in [0.717, 1.165) is 6.54 Å². The fraction of sp³-hybridized carbons (Fsp3) is 0.818. The average molecular weight is 197 g/mol. The van der Waals surface area contributed by atoms with Crippen molar-refractivity contribution in [2.45, 2.75) is 31.6 Å². The van der Waals surface area contributed by atoms with Gasteiger partial charge in [-0.3, -0.25) is 0 Å². The molecule has 2 aliphatic carbocycles. The van der Waals surface area contributed by atoms with Crippen molar-refractivity contribution < 1.29 is 8.78 Å². The van der Waals surface area contributed by atoms with Crippen molar-refractivity contribution in [3.63, 3.8) is 0 Å². The molecule has 3 heteroatoms. The Bertz CT molecular complexity index is 356. The van der Waals surface area contributed by atoms with E-state index in [1.165, 1.54) is 25.0 Å². The van der Waals surface area contributed by atoms with E-state index in [1.807, 2.05) is 6.08 Å². The highest BCUT2D eigenvalue weighted by Gasteiger charge is 2.74. The van der Waals surface area contributed by atoms with E-state index in [1.54, 1.807) is 0 Å². The molecule has 2 saturated carbocycles. The van der Waals surface area contributed by atoms with Gasteiger partial charge in [0, 0.05) is 30.6 Å². The van der Waals surface area contributed by atoms with Crippen molar-refractivity contribution in [3.05, 3.63) is 11.8 Å². The maximum atomic E-state index is 13.2. The SMILES string of the molecule is FC1(F)C[C@]12C=C1N(CCC13CC3)C2. The van der Waals surface area contributed by atoms with Crippen molar-refractivity contribution in [1.82, 2.24) is 4.90 Å². The van der Waals surface area contributed by atoms with Gasteiger partial charge in [0.25, 0.3) is 5.92 Å². The van der Waals surface area contributed by atoms with Gasteiger partial charge >= 0.3 is 0 Å². The van der Waals surface area contributed by atoms with E-state index in [0.29, 0.717) is 12.0 Å². The lowest BCUT2D eigenvalue weighted by atomic mass is 9.99. The summed E-state index contributed by atoms with van der Waals surface area (Å²) >= 11 is 0. The molecular formula is C11H13F2N. The van der Waals surface area contributed by atoms with Crippen molar-refractivity contribution in [2.75, 3.05) is 13.1 Å². The first-order valence-electron chi connectivity index (χ1n) is 5.43. The second kappa shape index (κ2) is 1.74. The molecule has 2 aliphatic heterocycles. The zero-order chi connectivity index (χ0) is 9.60. The van der Waals surface area contributed by atoms with Crippen LogP contribution in [0.1, 0.15) is 25.7 Å². The normalized spacial score (nSPS) is 44.4. The zero-order valence-electron chi connectivity index (χ0n) is 8.02. The molecule has 4 rings (SSSR count). The summed E-state index contributed by atoms with van der Waals surface area (Å²) < 4.78 is 26.4. The van der Waals surface area contributed by atoms with Crippen LogP contribution in [0.2, 0.25) is 0 Å². The summed E-state index contributed by atoms with van der Waals surface area (Å²) in [6.07, 6.45) is 5.69. The van der Waals surface area contributed by atoms with Crippen molar-refractivity contribution >= 4 is 0 Å². The first kappa shape index (κ1) is 7.66. The molecule has 0 aromatic rings. The van der Waals surface area contributed by atoms with Gasteiger partial charge in [0.1, 0.15) is 0 Å². The lowest BCUT2D eigenvalue weighted by Gasteiger charge is -2.16. The molecule has 0 bridgehead atoms. The maximum Gasteiger partial charge on any atom is 0.260 e. The second-order valence-corrected chi connectivity index (χ2v) is 5.52. The van der Waals surface area contributed by atoms with Gasteiger partial charge in [-0.05, 0) is 19.3 Å². The average Bonchev–Trinajstić information content (AvgIpc) is 2.86. The Labute approximate surface area is 81.8 Å². The van der Waals surface area contributed by atoms with Gasteiger partial charge in [0.15, 0.2) is 0 Å². The molecular weight excluding hydrogens is 184 g/mol. The van der Waals surface area contributed by atoms with Crippen LogP contribution < -0.4 is 0 Å². The number of hydrogen-bond donors (Lipinski definition) is 0. The summed E-state index contributed by atoms with van der Waals surface area (Å²) in [5.74, 6) is -2.40. The largest absolute Gasteiger partial charge is 0.373 e. The van der Waals surface area contributed by atoms with E-state index in [9.17, 15) is 8.78 Å². The van der Waals surface area contributed by atoms with Gasteiger partial charge in [-0.25, -0.2) is 8.78 Å². The van der Waals surface area contributed by atoms with Crippen molar-refractivity contribution in [3.8, 4) is 0 Å². The Hall–Kier alpha value is -0.600. The highest BCUT2D eigenvalue weighted by Crippen LogP contribution is 2.70. The van der Waals surface area contributed by atoms with Crippen LogP contribution in [0.15, 0.2) is 11.8 Å². The molecule has 2 spiro atoms. The molecule has 0 amide bonds. The van der Waals surface area contributed by atoms with E-state index >= 15 is 0 Å². The lowest BCUT2D eigenvalue weighted by Crippen LogP contribution is -2.22. The van der Waals surface area contributed by atoms with Crippen LogP contribution in [-0.2, 0) is 0 Å². The first-order chi connectivity index (χ1) is 6.57. The maximum absolute atomic E-state index is 13.2. The van der Waals surface area contributed by atoms with Crippen molar-refractivity contribution in [2.24, 2.45) is 10.8 Å². The van der Waals surface area contributed by atoms with Crippen LogP contribution in [0.5, 0.6) is 0 Å². The van der Waals surface area contributed by atoms with Crippen LogP contribution in [0.25, 0.3) is 0 Å². The standard InChI is InChI=1S/C11H13F2N/c12-11(13)6-10(11)5-8-9(1-2-9)3-4-14(8)7-10/h5H,1-4,6-7H2/t10-/m0/s1. The minimum absolute atomic E-state index is 0.0933. The van der Waals surface area contributed by atoms with E-state index in [2.05, 4.69) is 4.90 Å². The monoisotopic (exact) mass is 197 g/mol. The number of halogens is 2. The molecule has 2 heterocycles. The predicted octanol–water partition coefficient (Wildman–Crippen LogP) is 2.40. The Kier molecular flexibility index (Phi) is 0.954. The number of nitrogens with zero attached hydrogens (tertiary/aromatic N) is 1. The molecule has 76 valence electrons. The number of hydrogen-bond acceptors (Lipinski definition) is 1. The highest BCUT2D eigenvalue weighted by atomic mass is 19.3. The Morgan fingerprint density at radius 3 is 2.50 bits per heavy atom. The molecule has 1 nitrogen and oxygen atoms in total. The van der Waals surface area contributed by atoms with Crippen LogP contribution in [0, 0.1) is 10.8 Å². The number of alkyl halides is 2. The topological polar surface area (TPSA) is 3.24 Å². The molecule has 0 aromatic heterocycles. The van der Waals surface area contributed by atoms with E-state index < -0.39 is 11.3 Å². The highest BCUT2D eigenvalue weighted by molar-refractivity contribution is 5.38. The summed E-state index contributed by atoms with van der Waals surface area (Å²) in [5, 5.41) is 0. The van der Waals surface area contributed by atoms with Gasteiger partial charge < -0.3 is 4.90 Å². The fourth-order valence-corrected chi connectivity index (χ4v) is 3.33. The number of allylic oxidation sites excluding steroid dienone is 1. The summed E-state index contributed by atoms with van der Waals surface area (Å²) in [7, 11) is 0. The van der Waals surface area contributed by atoms with Crippen LogP contribution in [-0.4, -0.2) is 23.9 Å². The Morgan fingerprint density at radius 1 is 1.21 bits per heavy atom. The molecule has 0 radical (unpaired) electrons. The fourth-order valence-electron chi connectivity index (χ4n) is 3.33. The van der Waals surface area contributed by atoms with E-state index in [4.69, 9.17) is 0 Å². The summed E-state index contributed by atoms with van der Waals surface area (Å²) in [6.45, 7) is 1.61. The Balaban J connectivity index is 1.76. The van der Waals surface area contributed by atoms with Crippen LogP contribution in [0.4, 0.5) is 8.78 Å². The summed E-state index contributed by atoms with van der Waals surface area (Å²) in [6, 6.07) is 0. The molecule has 0 N–H and O–H groups in total. The third kappa shape index (κ3) is 0.655. The Morgan fingerprint density at radius 2 is 1.93 bits per heavy atom. The lowest BCUT2D eigenvalue weighted by molar-refractivity contribution is 0.0760. The first-order valence-corrected chi connectivity index (χ1v) is 5.43. The van der Waals surface area contributed by atoms with Gasteiger partial charge in [0.2, 0.25) is 0 Å². The number of rotatable bonds is 0. The van der Waals surface area contributed by atoms with Crippen LogP contribution in [0.3, 0.4) is 0 Å². The summed E-state index contributed by atoms with van der Waals surface area (Å²) in [4.78, 5) is 2.22. The van der Waals surface area contributed by atoms with Gasteiger partial charge in [0.05, 0.1) is 5.41 Å². The van der Waals surface area contributed by atoms with Gasteiger partial charge in [-0.15, -0.1) is 0 Å². The molecule has 0 unspecified atom stereocenters. The van der Waals surface area contributed by atoms with Gasteiger partial charge in [-0.1, -0.05) is 6.08 Å². The molecule has 14 heavy (non-hydrogen) atoms. The molecule has 3 fully saturated rings. The minimum Gasteiger partial charge on any atom is -0.373 e. The molecule has 1 saturated heterocycles. The quantitative estimate of drug-likeness (QED) is 0.576. The van der Waals surface area contributed by atoms with Crippen molar-refractivity contribution in [1.29, 1.82) is 0 Å². The van der Waals surface area contributed by atoms with Crippen LogP contribution >= 0.6 is 0 Å². The molecule has 4 aliphatic rings. The smallest absolute Gasteiger partial charge is 0.260 e. The zero-order valence-corrected chi connectivity index (χ0v) is 8.02. The van der Waals surface area contributed by atoms with Gasteiger partial charge in [-0.2, -0.15) is 0 Å². The third-order valence-corrected chi connectivity index (χ3v) is 4.62. The molecule has 1 atom stereocenters. The predicted molar refractivity (Wildman–Crippen MR) is 47.9 cm³/mol.